The number of amides is 1. The maximum Gasteiger partial charge on any atom is 0.416 e. The van der Waals surface area contributed by atoms with Crippen LogP contribution in [0.1, 0.15) is 51.7 Å². The summed E-state index contributed by atoms with van der Waals surface area (Å²) in [5.74, 6) is -2.84. The van der Waals surface area contributed by atoms with Crippen LogP contribution in [0.15, 0.2) is 54.7 Å². The Bertz CT molecular complexity index is 1210. The number of ether oxygens (including phenoxy) is 1. The van der Waals surface area contributed by atoms with Crippen LogP contribution in [0.2, 0.25) is 0 Å². The Labute approximate surface area is 198 Å². The first-order valence-electron chi connectivity index (χ1n) is 10.7. The first-order chi connectivity index (χ1) is 16.6. The topological polar surface area (TPSA) is 88.5 Å². The van der Waals surface area contributed by atoms with Crippen molar-refractivity contribution in [3.63, 3.8) is 0 Å². The normalized spacial score (nSPS) is 11.2. The van der Waals surface area contributed by atoms with Gasteiger partial charge in [0.05, 0.1) is 17.7 Å². The van der Waals surface area contributed by atoms with Gasteiger partial charge in [0, 0.05) is 23.9 Å². The number of aromatic nitrogens is 1. The summed E-state index contributed by atoms with van der Waals surface area (Å²) in [7, 11) is 0. The van der Waals surface area contributed by atoms with Crippen LogP contribution in [0.25, 0.3) is 11.1 Å². The van der Waals surface area contributed by atoms with E-state index in [0.29, 0.717) is 35.1 Å². The number of carbonyl (C=O) groups excluding carboxylic acids is 1. The lowest BCUT2D eigenvalue weighted by atomic mass is 10.0. The molecule has 0 aliphatic heterocycles. The largest absolute Gasteiger partial charge is 0.493 e. The smallest absolute Gasteiger partial charge is 0.416 e. The fourth-order valence-electron chi connectivity index (χ4n) is 3.20. The van der Waals surface area contributed by atoms with Gasteiger partial charge < -0.3 is 15.2 Å². The summed E-state index contributed by atoms with van der Waals surface area (Å²) < 4.78 is 58.3. The molecule has 0 spiro atoms. The van der Waals surface area contributed by atoms with Crippen molar-refractivity contribution in [2.75, 3.05) is 6.61 Å². The van der Waals surface area contributed by atoms with E-state index < -0.39 is 35.0 Å². The molecule has 0 aliphatic rings. The number of rotatable bonds is 9. The van der Waals surface area contributed by atoms with Crippen LogP contribution in [-0.2, 0) is 12.7 Å². The van der Waals surface area contributed by atoms with Crippen LogP contribution < -0.4 is 10.1 Å². The highest BCUT2D eigenvalue weighted by atomic mass is 19.4. The average Bonchev–Trinajstić information content (AvgIpc) is 2.82. The number of hydrogen-bond donors (Lipinski definition) is 2. The van der Waals surface area contributed by atoms with Gasteiger partial charge in [-0.2, -0.15) is 13.2 Å². The number of nitrogens with one attached hydrogen (secondary N) is 1. The molecular formula is C25H22F4N2O4. The third-order valence-corrected chi connectivity index (χ3v) is 5.11. The second kappa shape index (κ2) is 11.0. The quantitative estimate of drug-likeness (QED) is 0.296. The second-order valence-electron chi connectivity index (χ2n) is 7.64. The number of benzene rings is 2. The van der Waals surface area contributed by atoms with Crippen molar-refractivity contribution < 1.29 is 37.0 Å². The van der Waals surface area contributed by atoms with Gasteiger partial charge in [0.15, 0.2) is 0 Å². The van der Waals surface area contributed by atoms with Crippen LogP contribution >= 0.6 is 0 Å². The number of carboxylic acid groups (broad SMARTS) is 1. The summed E-state index contributed by atoms with van der Waals surface area (Å²) in [6.07, 6.45) is -1.63. The highest BCUT2D eigenvalue weighted by molar-refractivity contribution is 5.94. The molecule has 0 bridgehead atoms. The van der Waals surface area contributed by atoms with Gasteiger partial charge in [-0.15, -0.1) is 0 Å². The molecule has 2 aromatic carbocycles. The number of unbranched alkanes of at least 4 members (excludes halogenated alkanes) is 1. The molecule has 0 unspecified atom stereocenters. The van der Waals surface area contributed by atoms with Gasteiger partial charge in [0.1, 0.15) is 17.3 Å². The molecule has 3 rings (SSSR count). The summed E-state index contributed by atoms with van der Waals surface area (Å²) >= 11 is 0. The molecule has 2 N–H and O–H groups in total. The number of carbonyl (C=O) groups is 2. The van der Waals surface area contributed by atoms with Crippen molar-refractivity contribution in [1.82, 2.24) is 10.3 Å². The zero-order valence-corrected chi connectivity index (χ0v) is 18.7. The third kappa shape index (κ3) is 6.56. The maximum absolute atomic E-state index is 14.2. The summed E-state index contributed by atoms with van der Waals surface area (Å²) in [6.45, 7) is 2.34. The molecule has 0 aliphatic carbocycles. The van der Waals surface area contributed by atoms with Gasteiger partial charge in [-0.25, -0.2) is 14.2 Å². The fourth-order valence-corrected chi connectivity index (χ4v) is 3.20. The second-order valence-corrected chi connectivity index (χ2v) is 7.64. The fraction of sp³-hybridized carbons (Fsp3) is 0.240. The molecule has 1 heterocycles. The minimum absolute atomic E-state index is 0.0881. The molecule has 0 saturated heterocycles. The van der Waals surface area contributed by atoms with Gasteiger partial charge >= 0.3 is 12.1 Å². The van der Waals surface area contributed by atoms with E-state index in [-0.39, 0.29) is 18.3 Å². The minimum Gasteiger partial charge on any atom is -0.493 e. The molecule has 10 heteroatoms. The van der Waals surface area contributed by atoms with Gasteiger partial charge in [-0.05, 0) is 48.4 Å². The molecule has 1 aromatic heterocycles. The Hall–Kier alpha value is -3.95. The van der Waals surface area contributed by atoms with Crippen LogP contribution in [0.4, 0.5) is 17.6 Å². The molecule has 0 atom stereocenters. The number of aromatic carboxylic acids is 1. The first-order valence-corrected chi connectivity index (χ1v) is 10.7. The lowest BCUT2D eigenvalue weighted by molar-refractivity contribution is -0.137. The number of nitrogens with zero attached hydrogens (tertiary/aromatic N) is 1. The van der Waals surface area contributed by atoms with Crippen LogP contribution in [0.5, 0.6) is 5.75 Å². The van der Waals surface area contributed by atoms with Gasteiger partial charge in [-0.1, -0.05) is 25.5 Å². The Balaban J connectivity index is 1.83. The SMILES string of the molecule is CCCCOc1ccc(-c2ccc(C(=O)O)nc2)cc1CNC(=O)c1ccc(C(F)(F)F)cc1F. The molecule has 35 heavy (non-hydrogen) atoms. The highest BCUT2D eigenvalue weighted by Crippen LogP contribution is 2.30. The Morgan fingerprint density at radius 1 is 1.06 bits per heavy atom. The maximum atomic E-state index is 14.2. The van der Waals surface area contributed by atoms with Crippen LogP contribution in [0, 0.1) is 5.82 Å². The Morgan fingerprint density at radius 2 is 1.80 bits per heavy atom. The standard InChI is InChI=1S/C25H22F4N2O4/c1-2-3-10-35-22-9-5-15(16-4-8-21(24(33)34)30-13-16)11-17(22)14-31-23(32)19-7-6-18(12-20(19)26)25(27,28)29/h4-9,11-13H,2-3,10,14H2,1H3,(H,31,32)(H,33,34). The van der Waals surface area contributed by atoms with Crippen molar-refractivity contribution in [2.24, 2.45) is 0 Å². The van der Waals surface area contributed by atoms with Crippen molar-refractivity contribution in [1.29, 1.82) is 0 Å². The van der Waals surface area contributed by atoms with Crippen molar-refractivity contribution >= 4 is 11.9 Å². The lowest BCUT2D eigenvalue weighted by Crippen LogP contribution is -2.24. The number of carboxylic acids is 1. The van der Waals surface area contributed by atoms with Crippen LogP contribution in [-0.4, -0.2) is 28.6 Å². The number of hydrogen-bond acceptors (Lipinski definition) is 4. The lowest BCUT2D eigenvalue weighted by Gasteiger charge is -2.15. The van der Waals surface area contributed by atoms with Gasteiger partial charge in [-0.3, -0.25) is 4.79 Å². The van der Waals surface area contributed by atoms with Crippen molar-refractivity contribution in [3.8, 4) is 16.9 Å². The summed E-state index contributed by atoms with van der Waals surface area (Å²) in [5, 5.41) is 11.5. The summed E-state index contributed by atoms with van der Waals surface area (Å²) in [4.78, 5) is 27.4. The molecule has 6 nitrogen and oxygen atoms in total. The first kappa shape index (κ1) is 25.7. The van der Waals surface area contributed by atoms with Gasteiger partial charge in [0.25, 0.3) is 5.91 Å². The monoisotopic (exact) mass is 490 g/mol. The van der Waals surface area contributed by atoms with E-state index in [0.717, 1.165) is 18.9 Å². The van der Waals surface area contributed by atoms with E-state index in [1.165, 1.54) is 12.3 Å². The van der Waals surface area contributed by atoms with Crippen molar-refractivity contribution in [2.45, 2.75) is 32.5 Å². The van der Waals surface area contributed by atoms with E-state index in [1.54, 1.807) is 24.3 Å². The van der Waals surface area contributed by atoms with Crippen LogP contribution in [0.3, 0.4) is 0 Å². The van der Waals surface area contributed by atoms with E-state index in [2.05, 4.69) is 10.3 Å². The number of alkyl halides is 3. The predicted octanol–water partition coefficient (Wildman–Crippen LogP) is 5.71. The van der Waals surface area contributed by atoms with E-state index in [9.17, 15) is 27.2 Å². The van der Waals surface area contributed by atoms with E-state index >= 15 is 0 Å². The molecule has 0 saturated carbocycles. The highest BCUT2D eigenvalue weighted by Gasteiger charge is 2.31. The zero-order valence-electron chi connectivity index (χ0n) is 18.7. The predicted molar refractivity (Wildman–Crippen MR) is 120 cm³/mol. The molecule has 184 valence electrons. The molecule has 1 amide bonds. The molecule has 0 radical (unpaired) electrons. The summed E-state index contributed by atoms with van der Waals surface area (Å²) in [6, 6.07) is 9.81. The van der Waals surface area contributed by atoms with Gasteiger partial charge in [0.2, 0.25) is 0 Å². The van der Waals surface area contributed by atoms with Crippen molar-refractivity contribution in [3.05, 3.63) is 82.9 Å². The minimum atomic E-state index is -4.72. The average molecular weight is 490 g/mol. The number of halogens is 4. The Morgan fingerprint density at radius 3 is 2.40 bits per heavy atom. The Kier molecular flexibility index (Phi) is 8.06. The van der Waals surface area contributed by atoms with E-state index in [1.807, 2.05) is 6.92 Å². The summed E-state index contributed by atoms with van der Waals surface area (Å²) in [5.41, 5.74) is 0.0177. The molecular weight excluding hydrogens is 468 g/mol. The van der Waals surface area contributed by atoms with E-state index in [4.69, 9.17) is 9.84 Å². The third-order valence-electron chi connectivity index (χ3n) is 5.11. The zero-order chi connectivity index (χ0) is 25.6. The molecule has 0 fully saturated rings. The molecule has 3 aromatic rings. The number of pyridine rings is 1.